The van der Waals surface area contributed by atoms with E-state index in [-0.39, 0.29) is 11.8 Å². The summed E-state index contributed by atoms with van der Waals surface area (Å²) in [6.07, 6.45) is 5.05. The first-order valence-electron chi connectivity index (χ1n) is 8.77. The van der Waals surface area contributed by atoms with E-state index >= 15 is 0 Å². The van der Waals surface area contributed by atoms with Crippen LogP contribution in [-0.2, 0) is 12.1 Å². The Labute approximate surface area is 148 Å². The van der Waals surface area contributed by atoms with Gasteiger partial charge in [-0.05, 0) is 36.1 Å². The summed E-state index contributed by atoms with van der Waals surface area (Å²) in [6.45, 7) is 2.82. The number of piperidine rings is 1. The lowest BCUT2D eigenvalue weighted by atomic mass is 9.62. The van der Waals surface area contributed by atoms with Crippen LogP contribution in [0.15, 0.2) is 48.7 Å². The molecule has 4 heteroatoms. The second-order valence-electron chi connectivity index (χ2n) is 7.20. The van der Waals surface area contributed by atoms with Crippen molar-refractivity contribution >= 4 is 11.6 Å². The molecule has 1 aliphatic carbocycles. The molecular weight excluding hydrogens is 320 g/mol. The van der Waals surface area contributed by atoms with Crippen molar-refractivity contribution in [1.29, 1.82) is 0 Å². The van der Waals surface area contributed by atoms with Gasteiger partial charge in [0.1, 0.15) is 5.15 Å². The molecule has 126 valence electrons. The van der Waals surface area contributed by atoms with Gasteiger partial charge in [0.2, 0.25) is 0 Å². The van der Waals surface area contributed by atoms with Crippen molar-refractivity contribution in [1.82, 2.24) is 9.88 Å². The summed E-state index contributed by atoms with van der Waals surface area (Å²) < 4.78 is 0. The van der Waals surface area contributed by atoms with Gasteiger partial charge in [-0.25, -0.2) is 4.98 Å². The summed E-state index contributed by atoms with van der Waals surface area (Å²) in [5.41, 5.74) is 1.52. The lowest BCUT2D eigenvalue weighted by Gasteiger charge is -2.53. The number of likely N-dealkylation sites (tertiary alicyclic amines) is 1. The largest absolute Gasteiger partial charge is 0.384 e. The Morgan fingerprint density at radius 1 is 1.12 bits per heavy atom. The molecule has 2 bridgehead atoms. The van der Waals surface area contributed by atoms with Gasteiger partial charge in [-0.1, -0.05) is 48.4 Å². The smallest absolute Gasteiger partial charge is 0.129 e. The third kappa shape index (κ3) is 2.85. The van der Waals surface area contributed by atoms with Crippen molar-refractivity contribution in [3.8, 4) is 0 Å². The summed E-state index contributed by atoms with van der Waals surface area (Å²) in [7, 11) is 0. The molecule has 0 spiro atoms. The minimum absolute atomic E-state index is 0.257. The van der Waals surface area contributed by atoms with Crippen molar-refractivity contribution in [2.45, 2.75) is 31.4 Å². The highest BCUT2D eigenvalue weighted by molar-refractivity contribution is 6.29. The van der Waals surface area contributed by atoms with Crippen LogP contribution < -0.4 is 0 Å². The van der Waals surface area contributed by atoms with Gasteiger partial charge in [0.25, 0.3) is 0 Å². The number of nitrogens with zero attached hydrogens (tertiary/aromatic N) is 2. The molecule has 1 saturated carbocycles. The molecule has 3 atom stereocenters. The van der Waals surface area contributed by atoms with Gasteiger partial charge in [0.05, 0.1) is 5.60 Å². The lowest BCUT2D eigenvalue weighted by Crippen LogP contribution is -2.57. The van der Waals surface area contributed by atoms with Gasteiger partial charge in [-0.15, -0.1) is 0 Å². The molecule has 4 rings (SSSR count). The molecule has 2 aromatic rings. The molecule has 0 radical (unpaired) electrons. The molecule has 0 unspecified atom stereocenters. The maximum absolute atomic E-state index is 11.6. The summed E-state index contributed by atoms with van der Waals surface area (Å²) in [5, 5.41) is 12.1. The molecule has 24 heavy (non-hydrogen) atoms. The molecule has 1 N–H and O–H groups in total. The van der Waals surface area contributed by atoms with E-state index in [0.29, 0.717) is 5.15 Å². The van der Waals surface area contributed by atoms with Crippen LogP contribution in [0, 0.1) is 11.8 Å². The highest BCUT2D eigenvalue weighted by Gasteiger charge is 2.51. The fourth-order valence-electron chi connectivity index (χ4n) is 4.64. The van der Waals surface area contributed by atoms with Crippen molar-refractivity contribution in [2.24, 2.45) is 11.8 Å². The first-order valence-corrected chi connectivity index (χ1v) is 9.14. The minimum Gasteiger partial charge on any atom is -0.384 e. The van der Waals surface area contributed by atoms with Gasteiger partial charge in [0.15, 0.2) is 0 Å². The van der Waals surface area contributed by atoms with E-state index in [4.69, 9.17) is 11.6 Å². The van der Waals surface area contributed by atoms with Crippen LogP contribution in [0.3, 0.4) is 0 Å². The Bertz CT molecular complexity index is 692. The maximum Gasteiger partial charge on any atom is 0.129 e. The Balaban J connectivity index is 1.59. The number of aliphatic hydroxyl groups is 1. The van der Waals surface area contributed by atoms with Crippen LogP contribution in [0.1, 0.15) is 30.4 Å². The van der Waals surface area contributed by atoms with E-state index < -0.39 is 5.60 Å². The zero-order valence-corrected chi connectivity index (χ0v) is 14.5. The molecule has 2 fully saturated rings. The van der Waals surface area contributed by atoms with Gasteiger partial charge >= 0.3 is 0 Å². The number of pyridine rings is 1. The average molecular weight is 343 g/mol. The Morgan fingerprint density at radius 3 is 2.50 bits per heavy atom. The van der Waals surface area contributed by atoms with Crippen LogP contribution in [0.4, 0.5) is 0 Å². The van der Waals surface area contributed by atoms with E-state index in [9.17, 15) is 5.11 Å². The number of fused-ring (bicyclic) bond motifs is 2. The SMILES string of the molecule is O[C@]1(c2ccnc(Cl)c2)[C@@H]2CCC[C@H]1CN(Cc1ccccc1)C2. The van der Waals surface area contributed by atoms with E-state index in [2.05, 4.69) is 40.2 Å². The number of hydrogen-bond donors (Lipinski definition) is 1. The molecule has 1 aliphatic heterocycles. The van der Waals surface area contributed by atoms with Crippen LogP contribution in [0.25, 0.3) is 0 Å². The fraction of sp³-hybridized carbons (Fsp3) is 0.450. The lowest BCUT2D eigenvalue weighted by molar-refractivity contribution is -0.148. The zero-order chi connectivity index (χ0) is 16.6. The number of rotatable bonds is 3. The highest BCUT2D eigenvalue weighted by atomic mass is 35.5. The monoisotopic (exact) mass is 342 g/mol. The number of hydrogen-bond acceptors (Lipinski definition) is 3. The molecule has 1 aromatic heterocycles. The van der Waals surface area contributed by atoms with Crippen molar-refractivity contribution < 1.29 is 5.11 Å². The third-order valence-corrected chi connectivity index (χ3v) is 5.95. The Hall–Kier alpha value is -1.42. The van der Waals surface area contributed by atoms with Crippen LogP contribution in [0.5, 0.6) is 0 Å². The van der Waals surface area contributed by atoms with Gasteiger partial charge in [-0.3, -0.25) is 4.90 Å². The topological polar surface area (TPSA) is 36.4 Å². The molecular formula is C20H23ClN2O. The quantitative estimate of drug-likeness (QED) is 0.861. The molecule has 2 aliphatic rings. The third-order valence-electron chi connectivity index (χ3n) is 5.75. The average Bonchev–Trinajstić information content (AvgIpc) is 2.57. The maximum atomic E-state index is 11.6. The summed E-state index contributed by atoms with van der Waals surface area (Å²) >= 11 is 6.09. The zero-order valence-electron chi connectivity index (χ0n) is 13.7. The predicted molar refractivity (Wildman–Crippen MR) is 95.7 cm³/mol. The minimum atomic E-state index is -0.766. The van der Waals surface area contributed by atoms with Gasteiger partial charge in [0, 0.05) is 37.7 Å². The van der Waals surface area contributed by atoms with E-state index in [1.54, 1.807) is 6.20 Å². The summed E-state index contributed by atoms with van der Waals surface area (Å²) in [5.74, 6) is 0.513. The molecule has 0 amide bonds. The predicted octanol–water partition coefficient (Wildman–Crippen LogP) is 3.85. The fourth-order valence-corrected chi connectivity index (χ4v) is 4.81. The summed E-state index contributed by atoms with van der Waals surface area (Å²) in [6, 6.07) is 14.4. The second kappa shape index (κ2) is 6.47. The van der Waals surface area contributed by atoms with Crippen molar-refractivity contribution in [3.05, 3.63) is 64.9 Å². The van der Waals surface area contributed by atoms with E-state index in [1.165, 1.54) is 12.0 Å². The summed E-state index contributed by atoms with van der Waals surface area (Å²) in [4.78, 5) is 6.58. The first kappa shape index (κ1) is 16.1. The number of aromatic nitrogens is 1. The van der Waals surface area contributed by atoms with Crippen LogP contribution in [0.2, 0.25) is 5.15 Å². The molecule has 3 nitrogen and oxygen atoms in total. The molecule has 1 aromatic carbocycles. The van der Waals surface area contributed by atoms with Crippen LogP contribution in [-0.4, -0.2) is 28.1 Å². The van der Waals surface area contributed by atoms with Gasteiger partial charge in [-0.2, -0.15) is 0 Å². The van der Waals surface area contributed by atoms with Crippen molar-refractivity contribution in [3.63, 3.8) is 0 Å². The van der Waals surface area contributed by atoms with Crippen LogP contribution >= 0.6 is 11.6 Å². The van der Waals surface area contributed by atoms with E-state index in [1.807, 2.05) is 12.1 Å². The van der Waals surface area contributed by atoms with E-state index in [0.717, 1.165) is 38.0 Å². The van der Waals surface area contributed by atoms with Gasteiger partial charge < -0.3 is 5.11 Å². The standard InChI is InChI=1S/C20H23ClN2O/c21-19-11-16(9-10-22-19)20(24)17-7-4-8-18(20)14-23(13-17)12-15-5-2-1-3-6-15/h1-3,5-6,9-11,17-18,24H,4,7-8,12-14H2/t17-,18+,20-. The normalized spacial score (nSPS) is 30.2. The first-order chi connectivity index (χ1) is 11.7. The Kier molecular flexibility index (Phi) is 4.33. The number of benzene rings is 1. The highest BCUT2D eigenvalue weighted by Crippen LogP contribution is 2.49. The second-order valence-corrected chi connectivity index (χ2v) is 7.58. The Morgan fingerprint density at radius 2 is 1.83 bits per heavy atom. The number of halogens is 1. The molecule has 2 heterocycles. The molecule has 1 saturated heterocycles. The van der Waals surface area contributed by atoms with Crippen molar-refractivity contribution in [2.75, 3.05) is 13.1 Å².